The maximum Gasteiger partial charge on any atom is 0.259 e. The molecule has 0 unspecified atom stereocenters. The highest BCUT2D eigenvalue weighted by Crippen LogP contribution is 2.31. The predicted octanol–water partition coefficient (Wildman–Crippen LogP) is 4.67. The molecular weight excluding hydrogens is 358 g/mol. The van der Waals surface area contributed by atoms with Gasteiger partial charge in [-0.05, 0) is 57.2 Å². The summed E-state index contributed by atoms with van der Waals surface area (Å²) >= 11 is 0. The molecule has 28 heavy (non-hydrogen) atoms. The monoisotopic (exact) mass is 377 g/mol. The molecule has 7 nitrogen and oxygen atoms in total. The number of ether oxygens (including phenoxy) is 1. The molecule has 3 heterocycles. The van der Waals surface area contributed by atoms with Gasteiger partial charge in [0.15, 0.2) is 0 Å². The van der Waals surface area contributed by atoms with Crippen LogP contribution in [-0.2, 0) is 0 Å². The van der Waals surface area contributed by atoms with Gasteiger partial charge in [0.1, 0.15) is 17.3 Å². The Hall–Kier alpha value is -3.61. The smallest absolute Gasteiger partial charge is 0.259 e. The van der Waals surface area contributed by atoms with E-state index < -0.39 is 0 Å². The van der Waals surface area contributed by atoms with Gasteiger partial charge in [-0.15, -0.1) is 0 Å². The van der Waals surface area contributed by atoms with Crippen LogP contribution in [0.25, 0.3) is 22.4 Å². The number of amides is 1. The number of nitrogens with one attached hydrogen (secondary N) is 1. The van der Waals surface area contributed by atoms with Gasteiger partial charge in [-0.2, -0.15) is 0 Å². The molecule has 142 valence electrons. The van der Waals surface area contributed by atoms with E-state index in [-0.39, 0.29) is 5.91 Å². The van der Waals surface area contributed by atoms with Crippen molar-refractivity contribution in [3.8, 4) is 17.0 Å². The molecule has 1 N–H and O–H groups in total. The molecule has 3 aromatic heterocycles. The topological polar surface area (TPSA) is 90.4 Å². The molecule has 0 spiro atoms. The second-order valence-corrected chi connectivity index (χ2v) is 6.51. The van der Waals surface area contributed by atoms with Crippen LogP contribution >= 0.6 is 0 Å². The number of fused-ring (bicyclic) bond motifs is 1. The molecule has 0 radical (unpaired) electrons. The largest absolute Gasteiger partial charge is 0.497 e. The highest BCUT2D eigenvalue weighted by Gasteiger charge is 2.21. The Labute approximate surface area is 161 Å². The number of furan rings is 1. The number of methoxy groups -OCH3 is 1. The number of hydrogen-bond donors (Lipinski definition) is 1. The number of nitrogens with zero attached hydrogens (tertiary/aromatic N) is 2. The first kappa shape index (κ1) is 17.8. The van der Waals surface area contributed by atoms with E-state index in [1.54, 1.807) is 44.4 Å². The van der Waals surface area contributed by atoms with Crippen molar-refractivity contribution in [3.05, 3.63) is 59.2 Å². The first-order valence-corrected chi connectivity index (χ1v) is 8.76. The Bertz CT molecular complexity index is 1170. The van der Waals surface area contributed by atoms with Gasteiger partial charge in [-0.25, -0.2) is 4.98 Å². The predicted molar refractivity (Wildman–Crippen MR) is 105 cm³/mol. The van der Waals surface area contributed by atoms with Crippen LogP contribution in [0.3, 0.4) is 0 Å². The number of pyridine rings is 1. The fourth-order valence-corrected chi connectivity index (χ4v) is 3.17. The Morgan fingerprint density at radius 2 is 1.86 bits per heavy atom. The van der Waals surface area contributed by atoms with E-state index in [2.05, 4.69) is 15.5 Å². The van der Waals surface area contributed by atoms with Crippen LogP contribution in [0.4, 0.5) is 5.69 Å². The summed E-state index contributed by atoms with van der Waals surface area (Å²) < 4.78 is 16.1. The van der Waals surface area contributed by atoms with E-state index in [1.807, 2.05) is 19.9 Å². The number of rotatable bonds is 4. The summed E-state index contributed by atoms with van der Waals surface area (Å²) in [4.78, 5) is 17.6. The van der Waals surface area contributed by atoms with Crippen molar-refractivity contribution in [1.82, 2.24) is 10.1 Å². The van der Waals surface area contributed by atoms with E-state index in [1.165, 1.54) is 0 Å². The van der Waals surface area contributed by atoms with Crippen molar-refractivity contribution >= 4 is 22.7 Å². The molecule has 1 aromatic carbocycles. The standard InChI is InChI=1S/C21H19N3O4/c1-11-9-16(13(3)27-11)18-10-17(19-12(2)24-28-21(19)23-18)20(25)22-14-5-7-15(26-4)8-6-14/h5-10H,1-4H3,(H,22,25). The van der Waals surface area contributed by atoms with Crippen molar-refractivity contribution in [2.75, 3.05) is 12.4 Å². The Morgan fingerprint density at radius 1 is 1.11 bits per heavy atom. The van der Waals surface area contributed by atoms with Crippen molar-refractivity contribution in [2.24, 2.45) is 0 Å². The summed E-state index contributed by atoms with van der Waals surface area (Å²) in [5.74, 6) is 1.93. The lowest BCUT2D eigenvalue weighted by Crippen LogP contribution is -2.13. The number of aromatic nitrogens is 2. The van der Waals surface area contributed by atoms with E-state index in [0.717, 1.165) is 17.1 Å². The zero-order chi connectivity index (χ0) is 19.8. The third kappa shape index (κ3) is 3.11. The summed E-state index contributed by atoms with van der Waals surface area (Å²) in [6, 6.07) is 10.7. The summed E-state index contributed by atoms with van der Waals surface area (Å²) in [6.07, 6.45) is 0. The number of anilines is 1. The minimum atomic E-state index is -0.275. The van der Waals surface area contributed by atoms with E-state index in [9.17, 15) is 4.79 Å². The number of aryl methyl sites for hydroxylation is 3. The lowest BCUT2D eigenvalue weighted by Gasteiger charge is -2.08. The minimum Gasteiger partial charge on any atom is -0.497 e. The van der Waals surface area contributed by atoms with Crippen LogP contribution in [0.5, 0.6) is 5.75 Å². The first-order valence-electron chi connectivity index (χ1n) is 8.76. The van der Waals surface area contributed by atoms with Gasteiger partial charge in [0.25, 0.3) is 11.6 Å². The third-order valence-electron chi connectivity index (χ3n) is 4.53. The first-order chi connectivity index (χ1) is 13.5. The van der Waals surface area contributed by atoms with Crippen LogP contribution in [0.1, 0.15) is 27.6 Å². The minimum absolute atomic E-state index is 0.275. The number of carbonyl (C=O) groups excluding carboxylic acids is 1. The van der Waals surface area contributed by atoms with Crippen molar-refractivity contribution in [2.45, 2.75) is 20.8 Å². The fourth-order valence-electron chi connectivity index (χ4n) is 3.17. The summed E-state index contributed by atoms with van der Waals surface area (Å²) in [5.41, 5.74) is 3.42. The molecule has 0 atom stereocenters. The van der Waals surface area contributed by atoms with Gasteiger partial charge in [0.05, 0.1) is 29.4 Å². The molecule has 0 aliphatic carbocycles. The maximum atomic E-state index is 13.0. The van der Waals surface area contributed by atoms with Crippen molar-refractivity contribution in [1.29, 1.82) is 0 Å². The van der Waals surface area contributed by atoms with Crippen LogP contribution in [0, 0.1) is 20.8 Å². The summed E-state index contributed by atoms with van der Waals surface area (Å²) in [7, 11) is 1.59. The van der Waals surface area contributed by atoms with Crippen LogP contribution in [0.2, 0.25) is 0 Å². The summed E-state index contributed by atoms with van der Waals surface area (Å²) in [5, 5.41) is 7.47. The molecule has 0 saturated heterocycles. The van der Waals surface area contributed by atoms with Gasteiger partial charge >= 0.3 is 0 Å². The molecule has 0 saturated carbocycles. The van der Waals surface area contributed by atoms with E-state index >= 15 is 0 Å². The molecule has 7 heteroatoms. The average Bonchev–Trinajstić information content (AvgIpc) is 3.23. The van der Waals surface area contributed by atoms with E-state index in [4.69, 9.17) is 13.7 Å². The molecule has 0 bridgehead atoms. The lowest BCUT2D eigenvalue weighted by atomic mass is 10.1. The quantitative estimate of drug-likeness (QED) is 0.556. The number of hydrogen-bond acceptors (Lipinski definition) is 6. The van der Waals surface area contributed by atoms with Crippen molar-refractivity contribution < 1.29 is 18.5 Å². The maximum absolute atomic E-state index is 13.0. The molecule has 4 aromatic rings. The second kappa shape index (κ2) is 6.84. The van der Waals surface area contributed by atoms with Gasteiger partial charge < -0.3 is 19.0 Å². The molecule has 0 aliphatic heterocycles. The van der Waals surface area contributed by atoms with Gasteiger partial charge in [0, 0.05) is 11.3 Å². The number of benzene rings is 1. The Kier molecular flexibility index (Phi) is 4.35. The molecule has 4 rings (SSSR count). The zero-order valence-electron chi connectivity index (χ0n) is 16.0. The highest BCUT2D eigenvalue weighted by atomic mass is 16.5. The Morgan fingerprint density at radius 3 is 2.50 bits per heavy atom. The third-order valence-corrected chi connectivity index (χ3v) is 4.53. The second-order valence-electron chi connectivity index (χ2n) is 6.51. The summed E-state index contributed by atoms with van der Waals surface area (Å²) in [6.45, 7) is 5.51. The molecule has 0 aliphatic rings. The van der Waals surface area contributed by atoms with Crippen LogP contribution in [0.15, 0.2) is 45.3 Å². The average molecular weight is 377 g/mol. The van der Waals surface area contributed by atoms with Gasteiger partial charge in [0.2, 0.25) is 0 Å². The van der Waals surface area contributed by atoms with Gasteiger partial charge in [-0.3, -0.25) is 4.79 Å². The van der Waals surface area contributed by atoms with Crippen molar-refractivity contribution in [3.63, 3.8) is 0 Å². The fraction of sp³-hybridized carbons (Fsp3) is 0.190. The SMILES string of the molecule is COc1ccc(NC(=O)c2cc(-c3cc(C)oc3C)nc3onc(C)c23)cc1. The van der Waals surface area contributed by atoms with Gasteiger partial charge in [-0.1, -0.05) is 5.16 Å². The number of carbonyl (C=O) groups is 1. The Balaban J connectivity index is 1.78. The molecule has 0 fully saturated rings. The van der Waals surface area contributed by atoms with E-state index in [0.29, 0.717) is 39.5 Å². The van der Waals surface area contributed by atoms with Crippen LogP contribution in [-0.4, -0.2) is 23.2 Å². The highest BCUT2D eigenvalue weighted by molar-refractivity contribution is 6.13. The molecular formula is C21H19N3O4. The normalized spacial score (nSPS) is 11.0. The lowest BCUT2D eigenvalue weighted by molar-refractivity contribution is 0.102. The zero-order valence-corrected chi connectivity index (χ0v) is 16.0. The molecule has 1 amide bonds. The van der Waals surface area contributed by atoms with Crippen LogP contribution < -0.4 is 10.1 Å².